The number of amides is 1. The van der Waals surface area contributed by atoms with Crippen molar-refractivity contribution in [2.45, 2.75) is 32.7 Å². The molecule has 0 fully saturated rings. The molecule has 0 bridgehead atoms. The number of nitrogens with zero attached hydrogens (tertiary/aromatic N) is 2. The molecule has 0 aliphatic carbocycles. The first-order valence-corrected chi connectivity index (χ1v) is 8.72. The summed E-state index contributed by atoms with van der Waals surface area (Å²) in [6.45, 7) is 7.04. The summed E-state index contributed by atoms with van der Waals surface area (Å²) in [4.78, 5) is 19.3. The minimum absolute atomic E-state index is 0.00659. The minimum Gasteiger partial charge on any atom is -0.302 e. The molecule has 4 rings (SSSR count). The van der Waals surface area contributed by atoms with Crippen LogP contribution in [0.2, 0.25) is 5.02 Å². The Labute approximate surface area is 152 Å². The van der Waals surface area contributed by atoms with Gasteiger partial charge in [0.1, 0.15) is 0 Å². The Morgan fingerprint density at radius 2 is 1.76 bits per heavy atom. The van der Waals surface area contributed by atoms with Gasteiger partial charge in [-0.1, -0.05) is 44.5 Å². The first-order chi connectivity index (χ1) is 11.8. The number of pyridine rings is 1. The van der Waals surface area contributed by atoms with Gasteiger partial charge in [0, 0.05) is 16.1 Å². The molecule has 0 atom stereocenters. The van der Waals surface area contributed by atoms with Crippen LogP contribution in [-0.2, 0) is 12.0 Å². The fourth-order valence-corrected chi connectivity index (χ4v) is 3.39. The third-order valence-corrected chi connectivity index (χ3v) is 4.92. The molecule has 2 heterocycles. The second-order valence-corrected chi connectivity index (χ2v) is 7.94. The molecule has 2 aromatic carbocycles. The van der Waals surface area contributed by atoms with Crippen molar-refractivity contribution < 1.29 is 4.79 Å². The maximum atomic E-state index is 12.9. The first kappa shape index (κ1) is 16.1. The number of carbonyl (C=O) groups is 1. The number of benzene rings is 2. The van der Waals surface area contributed by atoms with E-state index >= 15 is 0 Å². The standard InChI is InChI=1S/C21H19ClN2O/c1-21(2,3)14-4-7-16(8-5-14)24-12-19-17(20(24)25)11-13-10-15(22)6-9-18(13)23-19/h4-11H,12H2,1-3H3. The number of hydrogen-bond donors (Lipinski definition) is 0. The van der Waals surface area contributed by atoms with Gasteiger partial charge in [-0.05, 0) is 47.4 Å². The largest absolute Gasteiger partial charge is 0.302 e. The van der Waals surface area contributed by atoms with Gasteiger partial charge in [0.2, 0.25) is 0 Å². The highest BCUT2D eigenvalue weighted by Crippen LogP contribution is 2.32. The van der Waals surface area contributed by atoms with Crippen molar-refractivity contribution in [3.05, 3.63) is 70.4 Å². The molecule has 4 heteroatoms. The van der Waals surface area contributed by atoms with E-state index in [9.17, 15) is 4.79 Å². The number of aromatic nitrogens is 1. The van der Waals surface area contributed by atoms with Gasteiger partial charge in [-0.3, -0.25) is 9.78 Å². The van der Waals surface area contributed by atoms with Crippen LogP contribution in [0, 0.1) is 0 Å². The molecule has 0 saturated heterocycles. The Kier molecular flexibility index (Phi) is 3.58. The summed E-state index contributed by atoms with van der Waals surface area (Å²) in [5.74, 6) is -0.00659. The van der Waals surface area contributed by atoms with Gasteiger partial charge >= 0.3 is 0 Å². The molecule has 3 nitrogen and oxygen atoms in total. The van der Waals surface area contributed by atoms with Crippen molar-refractivity contribution in [1.29, 1.82) is 0 Å². The van der Waals surface area contributed by atoms with Crippen molar-refractivity contribution in [2.75, 3.05) is 4.90 Å². The predicted molar refractivity (Wildman–Crippen MR) is 102 cm³/mol. The average Bonchev–Trinajstić information content (AvgIpc) is 2.88. The number of fused-ring (bicyclic) bond motifs is 2. The van der Waals surface area contributed by atoms with Crippen LogP contribution < -0.4 is 4.90 Å². The van der Waals surface area contributed by atoms with Crippen molar-refractivity contribution in [2.24, 2.45) is 0 Å². The third kappa shape index (κ3) is 2.79. The van der Waals surface area contributed by atoms with Crippen LogP contribution in [0.15, 0.2) is 48.5 Å². The van der Waals surface area contributed by atoms with Crippen molar-refractivity contribution in [3.63, 3.8) is 0 Å². The molecule has 0 unspecified atom stereocenters. The number of halogens is 1. The quantitative estimate of drug-likeness (QED) is 0.593. The van der Waals surface area contributed by atoms with Crippen molar-refractivity contribution in [3.8, 4) is 0 Å². The minimum atomic E-state index is -0.00659. The molecule has 3 aromatic rings. The second kappa shape index (κ2) is 5.57. The molecule has 126 valence electrons. The Morgan fingerprint density at radius 3 is 2.44 bits per heavy atom. The maximum absolute atomic E-state index is 12.9. The lowest BCUT2D eigenvalue weighted by Gasteiger charge is -2.21. The van der Waals surface area contributed by atoms with Crippen LogP contribution in [0.4, 0.5) is 5.69 Å². The van der Waals surface area contributed by atoms with Gasteiger partial charge in [-0.25, -0.2) is 0 Å². The lowest BCUT2D eigenvalue weighted by atomic mass is 9.87. The van der Waals surface area contributed by atoms with Gasteiger partial charge in [-0.15, -0.1) is 0 Å². The van der Waals surface area contributed by atoms with E-state index in [0.717, 1.165) is 22.3 Å². The van der Waals surface area contributed by atoms with Gasteiger partial charge in [-0.2, -0.15) is 0 Å². The van der Waals surface area contributed by atoms with Gasteiger partial charge in [0.05, 0.1) is 23.3 Å². The summed E-state index contributed by atoms with van der Waals surface area (Å²) < 4.78 is 0. The molecule has 0 saturated carbocycles. The summed E-state index contributed by atoms with van der Waals surface area (Å²) in [5, 5.41) is 1.54. The molecule has 0 spiro atoms. The fourth-order valence-electron chi connectivity index (χ4n) is 3.21. The lowest BCUT2D eigenvalue weighted by molar-refractivity contribution is 0.0996. The first-order valence-electron chi connectivity index (χ1n) is 8.34. The summed E-state index contributed by atoms with van der Waals surface area (Å²) in [5.41, 5.74) is 4.59. The van der Waals surface area contributed by atoms with E-state index in [1.165, 1.54) is 5.56 Å². The zero-order valence-corrected chi connectivity index (χ0v) is 15.3. The van der Waals surface area contributed by atoms with Crippen LogP contribution in [0.25, 0.3) is 10.9 Å². The zero-order chi connectivity index (χ0) is 17.8. The Morgan fingerprint density at radius 1 is 1.04 bits per heavy atom. The average molecular weight is 351 g/mol. The van der Waals surface area contributed by atoms with Crippen LogP contribution in [0.3, 0.4) is 0 Å². The van der Waals surface area contributed by atoms with Crippen molar-refractivity contribution in [1.82, 2.24) is 4.98 Å². The fraction of sp³-hybridized carbons (Fsp3) is 0.238. The number of rotatable bonds is 1. The summed E-state index contributed by atoms with van der Waals surface area (Å²) in [7, 11) is 0. The van der Waals surface area contributed by atoms with Crippen molar-refractivity contribution >= 4 is 34.1 Å². The number of anilines is 1. The van der Waals surface area contributed by atoms with E-state index in [2.05, 4.69) is 37.9 Å². The molecule has 1 aliphatic heterocycles. The topological polar surface area (TPSA) is 33.2 Å². The van der Waals surface area contributed by atoms with Crippen LogP contribution in [0.1, 0.15) is 42.4 Å². The number of carbonyl (C=O) groups excluding carboxylic acids is 1. The molecule has 1 aromatic heterocycles. The van der Waals surface area contributed by atoms with E-state index in [0.29, 0.717) is 17.1 Å². The summed E-state index contributed by atoms with van der Waals surface area (Å²) in [6.07, 6.45) is 0. The lowest BCUT2D eigenvalue weighted by Crippen LogP contribution is -2.23. The Hall–Kier alpha value is -2.39. The highest BCUT2D eigenvalue weighted by molar-refractivity contribution is 6.31. The van der Waals surface area contributed by atoms with Crippen LogP contribution in [-0.4, -0.2) is 10.9 Å². The molecule has 1 aliphatic rings. The van der Waals surface area contributed by atoms with Crippen LogP contribution in [0.5, 0.6) is 0 Å². The van der Waals surface area contributed by atoms with Gasteiger partial charge in [0.25, 0.3) is 5.91 Å². The normalized spacial score (nSPS) is 14.2. The summed E-state index contributed by atoms with van der Waals surface area (Å²) >= 11 is 6.06. The zero-order valence-electron chi connectivity index (χ0n) is 14.5. The third-order valence-electron chi connectivity index (χ3n) is 4.68. The highest BCUT2D eigenvalue weighted by atomic mass is 35.5. The van der Waals surface area contributed by atoms with E-state index in [-0.39, 0.29) is 11.3 Å². The smallest absolute Gasteiger partial charge is 0.260 e. The molecule has 0 radical (unpaired) electrons. The molecule has 1 amide bonds. The molecular formula is C21H19ClN2O. The van der Waals surface area contributed by atoms with E-state index in [1.807, 2.05) is 36.4 Å². The molecular weight excluding hydrogens is 332 g/mol. The van der Waals surface area contributed by atoms with Crippen LogP contribution >= 0.6 is 11.6 Å². The molecule has 0 N–H and O–H groups in total. The maximum Gasteiger partial charge on any atom is 0.260 e. The Bertz CT molecular complexity index is 987. The Balaban J connectivity index is 1.71. The van der Waals surface area contributed by atoms with E-state index in [4.69, 9.17) is 11.6 Å². The second-order valence-electron chi connectivity index (χ2n) is 7.51. The van der Waals surface area contributed by atoms with Gasteiger partial charge < -0.3 is 4.90 Å². The SMILES string of the molecule is CC(C)(C)c1ccc(N2Cc3nc4ccc(Cl)cc4cc3C2=O)cc1. The summed E-state index contributed by atoms with van der Waals surface area (Å²) in [6, 6.07) is 15.7. The van der Waals surface area contributed by atoms with E-state index in [1.54, 1.807) is 4.90 Å². The van der Waals surface area contributed by atoms with E-state index < -0.39 is 0 Å². The monoisotopic (exact) mass is 350 g/mol. The highest BCUT2D eigenvalue weighted by Gasteiger charge is 2.30. The predicted octanol–water partition coefficient (Wildman–Crippen LogP) is 5.35. The molecule has 25 heavy (non-hydrogen) atoms. The number of hydrogen-bond acceptors (Lipinski definition) is 2. The van der Waals surface area contributed by atoms with Gasteiger partial charge in [0.15, 0.2) is 0 Å².